The normalized spacial score (nSPS) is 29.5. The van der Waals surface area contributed by atoms with Gasteiger partial charge in [-0.15, -0.1) is 0 Å². The van der Waals surface area contributed by atoms with Crippen molar-refractivity contribution in [2.75, 3.05) is 6.61 Å². The van der Waals surface area contributed by atoms with E-state index in [0.717, 1.165) is 12.8 Å². The molecular formula is C15H21Cl2N4O4P. The standard InChI is InChI=1S/C15H21Cl2N4O4P/c1-4-5-12-18-6-10-13(20-12)21(8-19-10)14-15(3,22)9(2)11(25-14)7-24-26(16,17)23/h6,8-9,11,14,22H,4-5,7H2,1-3H3/t9-,11+,14+,15+/m0/s1. The van der Waals surface area contributed by atoms with Crippen LogP contribution in [0.2, 0.25) is 0 Å². The van der Waals surface area contributed by atoms with Crippen molar-refractivity contribution >= 4 is 39.7 Å². The highest BCUT2D eigenvalue weighted by atomic mass is 35.9. The van der Waals surface area contributed by atoms with Gasteiger partial charge in [-0.3, -0.25) is 9.13 Å². The third-order valence-electron chi connectivity index (χ3n) is 4.76. The van der Waals surface area contributed by atoms with Gasteiger partial charge in [-0.2, -0.15) is 0 Å². The number of imidazole rings is 1. The molecule has 0 bridgehead atoms. The van der Waals surface area contributed by atoms with Gasteiger partial charge in [0, 0.05) is 12.3 Å². The SMILES string of the molecule is CCCc1ncc2ncn([C@@H]3O[C@H](COP(=O)(Cl)Cl)[C@H](C)[C@@]3(C)O)c2n1. The van der Waals surface area contributed by atoms with Gasteiger partial charge in [0.1, 0.15) is 16.9 Å². The van der Waals surface area contributed by atoms with Crippen molar-refractivity contribution in [2.45, 2.75) is 51.5 Å². The molecule has 11 heteroatoms. The van der Waals surface area contributed by atoms with Gasteiger partial charge in [0.2, 0.25) is 0 Å². The van der Waals surface area contributed by atoms with Crippen LogP contribution in [0.25, 0.3) is 11.2 Å². The lowest BCUT2D eigenvalue weighted by Crippen LogP contribution is -2.38. The molecule has 0 saturated carbocycles. The van der Waals surface area contributed by atoms with Crippen LogP contribution < -0.4 is 0 Å². The van der Waals surface area contributed by atoms with E-state index < -0.39 is 24.0 Å². The Labute approximate surface area is 160 Å². The fraction of sp³-hybridized carbons (Fsp3) is 0.667. The van der Waals surface area contributed by atoms with Crippen LogP contribution in [0.15, 0.2) is 12.5 Å². The summed E-state index contributed by atoms with van der Waals surface area (Å²) >= 11 is 10.9. The summed E-state index contributed by atoms with van der Waals surface area (Å²) in [6.45, 7) is 5.44. The quantitative estimate of drug-likeness (QED) is 0.708. The van der Waals surface area contributed by atoms with Crippen molar-refractivity contribution < 1.29 is 18.9 Å². The highest BCUT2D eigenvalue weighted by Crippen LogP contribution is 2.58. The average Bonchev–Trinajstić information content (AvgIpc) is 3.05. The number of rotatable bonds is 6. The zero-order valence-electron chi connectivity index (χ0n) is 14.7. The van der Waals surface area contributed by atoms with Gasteiger partial charge in [0.05, 0.1) is 25.2 Å². The maximum Gasteiger partial charge on any atom is 0.380 e. The molecule has 2 aromatic rings. The fourth-order valence-corrected chi connectivity index (χ4v) is 3.75. The van der Waals surface area contributed by atoms with Gasteiger partial charge in [0.15, 0.2) is 11.9 Å². The second kappa shape index (κ2) is 7.34. The van der Waals surface area contributed by atoms with Crippen molar-refractivity contribution in [3.8, 4) is 0 Å². The Hall–Kier alpha value is -0.760. The van der Waals surface area contributed by atoms with Crippen molar-refractivity contribution in [1.29, 1.82) is 0 Å². The molecule has 1 saturated heterocycles. The van der Waals surface area contributed by atoms with Crippen LogP contribution in [0, 0.1) is 5.92 Å². The molecule has 0 unspecified atom stereocenters. The van der Waals surface area contributed by atoms with Gasteiger partial charge in [0.25, 0.3) is 0 Å². The third kappa shape index (κ3) is 3.91. The van der Waals surface area contributed by atoms with E-state index in [-0.39, 0.29) is 12.5 Å². The molecule has 4 atom stereocenters. The summed E-state index contributed by atoms with van der Waals surface area (Å²) in [5.74, 6) is 0.374. The lowest BCUT2D eigenvalue weighted by atomic mass is 9.88. The lowest BCUT2D eigenvalue weighted by Gasteiger charge is -2.28. The highest BCUT2D eigenvalue weighted by Gasteiger charge is 2.52. The van der Waals surface area contributed by atoms with Gasteiger partial charge < -0.3 is 14.4 Å². The molecule has 1 N–H and O–H groups in total. The van der Waals surface area contributed by atoms with Crippen LogP contribution in [0.4, 0.5) is 0 Å². The smallest absolute Gasteiger partial charge is 0.380 e. The minimum atomic E-state index is -3.68. The number of aliphatic hydroxyl groups is 1. The molecule has 0 aliphatic carbocycles. The molecule has 1 fully saturated rings. The topological polar surface area (TPSA) is 99.4 Å². The van der Waals surface area contributed by atoms with Crippen molar-refractivity contribution in [1.82, 2.24) is 19.5 Å². The van der Waals surface area contributed by atoms with Gasteiger partial charge in [-0.25, -0.2) is 15.0 Å². The molecule has 1 aliphatic rings. The van der Waals surface area contributed by atoms with Crippen molar-refractivity contribution in [3.05, 3.63) is 18.3 Å². The van der Waals surface area contributed by atoms with Gasteiger partial charge in [-0.1, -0.05) is 13.8 Å². The van der Waals surface area contributed by atoms with E-state index in [4.69, 9.17) is 31.7 Å². The minimum absolute atomic E-state index is 0.0964. The molecule has 8 nitrogen and oxygen atoms in total. The molecule has 1 aliphatic heterocycles. The van der Waals surface area contributed by atoms with Crippen LogP contribution >= 0.6 is 28.6 Å². The summed E-state index contributed by atoms with van der Waals surface area (Å²) in [5, 5.41) is 11.0. The van der Waals surface area contributed by atoms with E-state index >= 15 is 0 Å². The molecule has 26 heavy (non-hydrogen) atoms. The number of hydrogen-bond acceptors (Lipinski definition) is 7. The number of aryl methyl sites for hydroxylation is 1. The molecule has 0 spiro atoms. The first kappa shape index (κ1) is 20.0. The van der Waals surface area contributed by atoms with Gasteiger partial charge >= 0.3 is 6.07 Å². The molecule has 3 rings (SSSR count). The molecule has 3 heterocycles. The van der Waals surface area contributed by atoms with E-state index in [2.05, 4.69) is 21.9 Å². The average molecular weight is 423 g/mol. The van der Waals surface area contributed by atoms with Crippen LogP contribution in [0.3, 0.4) is 0 Å². The van der Waals surface area contributed by atoms with E-state index in [0.29, 0.717) is 17.0 Å². The highest BCUT2D eigenvalue weighted by molar-refractivity contribution is 8.05. The van der Waals surface area contributed by atoms with Crippen LogP contribution in [-0.4, -0.2) is 42.9 Å². The first-order valence-corrected chi connectivity index (χ1v) is 11.8. The predicted molar refractivity (Wildman–Crippen MR) is 98.3 cm³/mol. The molecule has 144 valence electrons. The first-order chi connectivity index (χ1) is 12.1. The Kier molecular flexibility index (Phi) is 5.64. The first-order valence-electron chi connectivity index (χ1n) is 8.33. The number of ether oxygens (including phenoxy) is 1. The maximum atomic E-state index is 11.4. The third-order valence-corrected chi connectivity index (χ3v) is 5.80. The second-order valence-corrected chi connectivity index (χ2v) is 10.9. The molecule has 0 amide bonds. The summed E-state index contributed by atoms with van der Waals surface area (Å²) in [6, 6.07) is 0. The van der Waals surface area contributed by atoms with Crippen molar-refractivity contribution in [2.24, 2.45) is 5.92 Å². The summed E-state index contributed by atoms with van der Waals surface area (Å²) in [4.78, 5) is 13.1. The van der Waals surface area contributed by atoms with Crippen LogP contribution in [0.1, 0.15) is 39.2 Å². The van der Waals surface area contributed by atoms with E-state index in [1.807, 2.05) is 6.92 Å². The summed E-state index contributed by atoms with van der Waals surface area (Å²) in [6.07, 6.45) is -0.0706. The summed E-state index contributed by atoms with van der Waals surface area (Å²) in [7, 11) is 0. The molecular weight excluding hydrogens is 402 g/mol. The predicted octanol–water partition coefficient (Wildman–Crippen LogP) is 3.67. The number of hydrogen-bond donors (Lipinski definition) is 1. The number of aromatic nitrogens is 4. The van der Waals surface area contributed by atoms with Gasteiger partial charge in [-0.05, 0) is 35.8 Å². The molecule has 0 radical (unpaired) electrons. The second-order valence-electron chi connectivity index (χ2n) is 6.65. The number of halogens is 2. The minimum Gasteiger partial charge on any atom is -0.385 e. The Morgan fingerprint density at radius 1 is 1.46 bits per heavy atom. The lowest BCUT2D eigenvalue weighted by molar-refractivity contribution is -0.0863. The largest absolute Gasteiger partial charge is 0.385 e. The maximum absolute atomic E-state index is 11.4. The van der Waals surface area contributed by atoms with E-state index in [9.17, 15) is 9.67 Å². The number of nitrogens with zero attached hydrogens (tertiary/aromatic N) is 4. The Morgan fingerprint density at radius 3 is 2.85 bits per heavy atom. The Bertz CT molecular complexity index is 840. The molecule has 2 aromatic heterocycles. The summed E-state index contributed by atoms with van der Waals surface area (Å²) < 4.78 is 24.0. The Morgan fingerprint density at radius 2 is 2.19 bits per heavy atom. The van der Waals surface area contributed by atoms with E-state index in [1.54, 1.807) is 24.0 Å². The van der Waals surface area contributed by atoms with Crippen LogP contribution in [0.5, 0.6) is 0 Å². The zero-order valence-corrected chi connectivity index (χ0v) is 17.1. The Balaban J connectivity index is 1.91. The van der Waals surface area contributed by atoms with Crippen LogP contribution in [-0.2, 0) is 20.2 Å². The number of fused-ring (bicyclic) bond motifs is 1. The summed E-state index contributed by atoms with van der Waals surface area (Å²) in [5.41, 5.74) is -0.0365. The molecule has 0 aromatic carbocycles. The van der Waals surface area contributed by atoms with E-state index in [1.165, 1.54) is 0 Å². The fourth-order valence-electron chi connectivity index (χ4n) is 3.09. The monoisotopic (exact) mass is 422 g/mol. The zero-order chi connectivity index (χ0) is 19.1. The van der Waals surface area contributed by atoms with Crippen molar-refractivity contribution in [3.63, 3.8) is 0 Å².